The number of aliphatic hydroxyl groups is 1. The van der Waals surface area contributed by atoms with Gasteiger partial charge >= 0.3 is 0 Å². The van der Waals surface area contributed by atoms with Crippen molar-refractivity contribution in [2.24, 2.45) is 0 Å². The monoisotopic (exact) mass is 451 g/mol. The molecule has 3 N–H and O–H groups in total. The molecule has 168 valence electrons. The highest BCUT2D eigenvalue weighted by molar-refractivity contribution is 7.09. The van der Waals surface area contributed by atoms with Crippen molar-refractivity contribution >= 4 is 22.9 Å². The first-order valence-electron chi connectivity index (χ1n) is 11.0. The van der Waals surface area contributed by atoms with Crippen molar-refractivity contribution in [1.82, 2.24) is 10.3 Å². The summed E-state index contributed by atoms with van der Waals surface area (Å²) >= 11 is 1.51. The quantitative estimate of drug-likeness (QED) is 0.462. The second-order valence-electron chi connectivity index (χ2n) is 8.25. The van der Waals surface area contributed by atoms with Crippen LogP contribution in [0.5, 0.6) is 5.75 Å². The fourth-order valence-corrected chi connectivity index (χ4v) is 4.73. The molecule has 7 heteroatoms. The third-order valence-electron chi connectivity index (χ3n) is 5.60. The molecule has 1 aliphatic heterocycles. The Morgan fingerprint density at radius 2 is 2.00 bits per heavy atom. The Labute approximate surface area is 192 Å². The smallest absolute Gasteiger partial charge is 0.231 e. The van der Waals surface area contributed by atoms with Crippen LogP contribution in [0.2, 0.25) is 0 Å². The Bertz CT molecular complexity index is 1010. The van der Waals surface area contributed by atoms with Gasteiger partial charge in [0, 0.05) is 28.8 Å². The summed E-state index contributed by atoms with van der Waals surface area (Å²) in [5, 5.41) is 19.8. The number of carbonyl (C=O) groups excluding carboxylic acids is 1. The maximum atomic E-state index is 12.2. The predicted molar refractivity (Wildman–Crippen MR) is 127 cm³/mol. The molecule has 0 spiro atoms. The summed E-state index contributed by atoms with van der Waals surface area (Å²) in [4.78, 5) is 16.5. The number of nitrogens with zero attached hydrogens (tertiary/aromatic N) is 1. The molecule has 1 aromatic heterocycles. The standard InChI is InChI=1S/C25H29N3O3S/c1-17-16-32-25(26-17)14-24(30)28-19-9-7-18(8-10-19)13-20-11-12-22(27-20)23(29)15-31-21-5-3-2-4-6-21/h2-10,16,20,22-23,27,29H,11-15H2,1H3,(H,28,30)/t20-,22+,23+/m0/s1. The molecule has 0 unspecified atom stereocenters. The molecule has 0 aliphatic carbocycles. The zero-order valence-electron chi connectivity index (χ0n) is 18.2. The molecule has 1 amide bonds. The zero-order valence-corrected chi connectivity index (χ0v) is 19.0. The molecular formula is C25H29N3O3S. The molecule has 32 heavy (non-hydrogen) atoms. The van der Waals surface area contributed by atoms with E-state index in [1.165, 1.54) is 16.9 Å². The van der Waals surface area contributed by atoms with Gasteiger partial charge in [-0.1, -0.05) is 30.3 Å². The SMILES string of the molecule is Cc1csc(CC(=O)Nc2ccc(C[C@@H]3CC[C@H]([C@H](O)COc4ccccc4)N3)cc2)n1. The van der Waals surface area contributed by atoms with Gasteiger partial charge in [-0.15, -0.1) is 11.3 Å². The van der Waals surface area contributed by atoms with Gasteiger partial charge in [-0.2, -0.15) is 0 Å². The number of hydrogen-bond acceptors (Lipinski definition) is 6. The van der Waals surface area contributed by atoms with Crippen LogP contribution >= 0.6 is 11.3 Å². The molecule has 6 nitrogen and oxygen atoms in total. The number of para-hydroxylation sites is 1. The van der Waals surface area contributed by atoms with E-state index >= 15 is 0 Å². The van der Waals surface area contributed by atoms with Crippen molar-refractivity contribution in [2.75, 3.05) is 11.9 Å². The first-order valence-corrected chi connectivity index (χ1v) is 11.8. The van der Waals surface area contributed by atoms with E-state index in [4.69, 9.17) is 4.74 Å². The fourth-order valence-electron chi connectivity index (χ4n) is 3.96. The van der Waals surface area contributed by atoms with Crippen molar-refractivity contribution in [3.05, 3.63) is 76.2 Å². The Morgan fingerprint density at radius 3 is 2.72 bits per heavy atom. The molecule has 3 aromatic rings. The van der Waals surface area contributed by atoms with Gasteiger partial charge in [-0.05, 0) is 56.0 Å². The molecule has 0 bridgehead atoms. The molecule has 0 saturated carbocycles. The van der Waals surface area contributed by atoms with E-state index in [1.807, 2.05) is 66.9 Å². The van der Waals surface area contributed by atoms with E-state index in [0.29, 0.717) is 12.5 Å². The van der Waals surface area contributed by atoms with Crippen LogP contribution in [0.25, 0.3) is 0 Å². The Morgan fingerprint density at radius 1 is 1.22 bits per heavy atom. The van der Waals surface area contributed by atoms with Crippen molar-refractivity contribution in [3.8, 4) is 5.75 Å². The third-order valence-corrected chi connectivity index (χ3v) is 6.57. The van der Waals surface area contributed by atoms with E-state index in [-0.39, 0.29) is 18.6 Å². The maximum Gasteiger partial charge on any atom is 0.231 e. The number of aliphatic hydroxyl groups excluding tert-OH is 1. The lowest BCUT2D eigenvalue weighted by atomic mass is 10.0. The lowest BCUT2D eigenvalue weighted by Crippen LogP contribution is -2.42. The van der Waals surface area contributed by atoms with Gasteiger partial charge in [0.1, 0.15) is 23.5 Å². The van der Waals surface area contributed by atoms with Crippen LogP contribution in [-0.4, -0.2) is 40.8 Å². The number of aryl methyl sites for hydroxylation is 1. The van der Waals surface area contributed by atoms with Gasteiger partial charge in [0.15, 0.2) is 0 Å². The summed E-state index contributed by atoms with van der Waals surface area (Å²) in [5.41, 5.74) is 2.94. The third kappa shape index (κ3) is 6.38. The van der Waals surface area contributed by atoms with E-state index in [0.717, 1.165) is 41.4 Å². The number of hydrogen-bond donors (Lipinski definition) is 3. The Balaban J connectivity index is 1.21. The van der Waals surface area contributed by atoms with Gasteiger partial charge in [-0.25, -0.2) is 4.98 Å². The Hall–Kier alpha value is -2.74. The average molecular weight is 452 g/mol. The number of carbonyl (C=O) groups is 1. The summed E-state index contributed by atoms with van der Waals surface area (Å²) in [5.74, 6) is 0.717. The van der Waals surface area contributed by atoms with Crippen molar-refractivity contribution < 1.29 is 14.6 Å². The predicted octanol–water partition coefficient (Wildman–Crippen LogP) is 3.74. The molecule has 1 aliphatic rings. The van der Waals surface area contributed by atoms with E-state index in [1.54, 1.807) is 0 Å². The highest BCUT2D eigenvalue weighted by Gasteiger charge is 2.29. The molecule has 1 fully saturated rings. The topological polar surface area (TPSA) is 83.5 Å². The van der Waals surface area contributed by atoms with Crippen molar-refractivity contribution in [2.45, 2.75) is 50.8 Å². The minimum atomic E-state index is -0.542. The zero-order chi connectivity index (χ0) is 22.3. The first kappa shape index (κ1) is 22.5. The van der Waals surface area contributed by atoms with Crippen molar-refractivity contribution in [1.29, 1.82) is 0 Å². The van der Waals surface area contributed by atoms with Crippen LogP contribution in [0, 0.1) is 6.92 Å². The fraction of sp³-hybridized carbons (Fsp3) is 0.360. The van der Waals surface area contributed by atoms with Crippen LogP contribution < -0.4 is 15.4 Å². The van der Waals surface area contributed by atoms with E-state index in [2.05, 4.69) is 15.6 Å². The molecule has 1 saturated heterocycles. The second-order valence-corrected chi connectivity index (χ2v) is 9.19. The van der Waals surface area contributed by atoms with Crippen LogP contribution in [0.15, 0.2) is 60.0 Å². The number of nitrogens with one attached hydrogen (secondary N) is 2. The van der Waals surface area contributed by atoms with E-state index in [9.17, 15) is 9.90 Å². The van der Waals surface area contributed by atoms with Crippen molar-refractivity contribution in [3.63, 3.8) is 0 Å². The number of ether oxygens (including phenoxy) is 1. The van der Waals surface area contributed by atoms with E-state index < -0.39 is 6.10 Å². The van der Waals surface area contributed by atoms with Crippen LogP contribution in [0.3, 0.4) is 0 Å². The number of anilines is 1. The summed E-state index contributed by atoms with van der Waals surface area (Å²) in [7, 11) is 0. The van der Waals surface area contributed by atoms with Gasteiger partial charge in [0.25, 0.3) is 0 Å². The Kier molecular flexibility index (Phi) is 7.52. The average Bonchev–Trinajstić information content (AvgIpc) is 3.43. The van der Waals surface area contributed by atoms with Crippen LogP contribution in [-0.2, 0) is 17.6 Å². The van der Waals surface area contributed by atoms with Gasteiger partial charge in [0.05, 0.1) is 6.42 Å². The van der Waals surface area contributed by atoms with Crippen LogP contribution in [0.4, 0.5) is 5.69 Å². The summed E-state index contributed by atoms with van der Waals surface area (Å²) < 4.78 is 5.69. The lowest BCUT2D eigenvalue weighted by Gasteiger charge is -2.20. The van der Waals surface area contributed by atoms with Crippen LogP contribution in [0.1, 0.15) is 29.1 Å². The summed E-state index contributed by atoms with van der Waals surface area (Å²) in [6, 6.07) is 17.9. The second kappa shape index (κ2) is 10.7. The summed E-state index contributed by atoms with van der Waals surface area (Å²) in [6.45, 7) is 2.21. The minimum absolute atomic E-state index is 0.0387. The highest BCUT2D eigenvalue weighted by atomic mass is 32.1. The molecule has 3 atom stereocenters. The normalized spacial score (nSPS) is 18.9. The molecule has 0 radical (unpaired) electrons. The van der Waals surface area contributed by atoms with Gasteiger partial charge in [-0.3, -0.25) is 4.79 Å². The maximum absolute atomic E-state index is 12.2. The molecule has 2 aromatic carbocycles. The summed E-state index contributed by atoms with van der Waals surface area (Å²) in [6.07, 6.45) is 2.58. The highest BCUT2D eigenvalue weighted by Crippen LogP contribution is 2.21. The van der Waals surface area contributed by atoms with Gasteiger partial charge in [0.2, 0.25) is 5.91 Å². The molecule has 2 heterocycles. The number of amides is 1. The first-order chi connectivity index (χ1) is 15.5. The number of rotatable bonds is 9. The minimum Gasteiger partial charge on any atom is -0.491 e. The molecule has 4 rings (SSSR count). The number of benzene rings is 2. The number of thiazole rings is 1. The number of aromatic nitrogens is 1. The van der Waals surface area contributed by atoms with Gasteiger partial charge < -0.3 is 20.5 Å². The largest absolute Gasteiger partial charge is 0.491 e. The lowest BCUT2D eigenvalue weighted by molar-refractivity contribution is -0.115. The molecular weight excluding hydrogens is 422 g/mol.